The Bertz CT molecular complexity index is 101. The van der Waals surface area contributed by atoms with Crippen LogP contribution in [0.25, 0.3) is 0 Å². The highest BCUT2D eigenvalue weighted by atomic mass is 127. The Labute approximate surface area is 63.0 Å². The van der Waals surface area contributed by atoms with E-state index in [0.29, 0.717) is 11.7 Å². The molecule has 1 aliphatic carbocycles. The lowest BCUT2D eigenvalue weighted by Crippen LogP contribution is -2.06. The van der Waals surface area contributed by atoms with Crippen LogP contribution in [0.15, 0.2) is 0 Å². The molecule has 1 atom stereocenters. The molecule has 8 heavy (non-hydrogen) atoms. The van der Waals surface area contributed by atoms with Crippen LogP contribution in [-0.4, -0.2) is 10.2 Å². The molecule has 0 saturated heterocycles. The minimum atomic E-state index is 0.413. The summed E-state index contributed by atoms with van der Waals surface area (Å²) in [5.41, 5.74) is 0. The quantitative estimate of drug-likeness (QED) is 0.490. The zero-order valence-corrected chi connectivity index (χ0v) is 6.85. The van der Waals surface area contributed by atoms with Crippen molar-refractivity contribution in [2.45, 2.75) is 19.3 Å². The molecule has 1 aliphatic rings. The molecule has 0 aliphatic heterocycles. The Balaban J connectivity index is 2.42. The molecule has 0 N–H and O–H groups in total. The van der Waals surface area contributed by atoms with Gasteiger partial charge in [0.2, 0.25) is 0 Å². The number of carbonyl (C=O) groups excluding carboxylic acids is 1. The minimum absolute atomic E-state index is 0.413. The van der Waals surface area contributed by atoms with E-state index in [1.807, 2.05) is 0 Å². The maximum absolute atomic E-state index is 10.8. The fourth-order valence-corrected chi connectivity index (χ4v) is 1.98. The average molecular weight is 224 g/mol. The highest BCUT2D eigenvalue weighted by Crippen LogP contribution is 2.22. The van der Waals surface area contributed by atoms with Crippen molar-refractivity contribution < 1.29 is 4.79 Å². The maximum atomic E-state index is 10.8. The van der Waals surface area contributed by atoms with Gasteiger partial charge in [0, 0.05) is 16.8 Å². The fraction of sp³-hybridized carbons (Fsp3) is 0.833. The normalized spacial score (nSPS) is 29.1. The first-order valence-corrected chi connectivity index (χ1v) is 4.46. The minimum Gasteiger partial charge on any atom is -0.299 e. The first kappa shape index (κ1) is 6.52. The molecule has 0 amide bonds. The van der Waals surface area contributed by atoms with Crippen molar-refractivity contribution in [2.75, 3.05) is 4.43 Å². The van der Waals surface area contributed by atoms with Crippen molar-refractivity contribution >= 4 is 28.4 Å². The molecule has 0 spiro atoms. The SMILES string of the molecule is O=C1CCCC1CI. The second-order valence-electron chi connectivity index (χ2n) is 2.21. The lowest BCUT2D eigenvalue weighted by Gasteiger charge is -1.97. The molecule has 0 aromatic rings. The molecular weight excluding hydrogens is 215 g/mol. The summed E-state index contributed by atoms with van der Waals surface area (Å²) in [6.07, 6.45) is 3.11. The molecule has 0 aromatic carbocycles. The number of Topliss-reactive ketones (excluding diaryl/α,β-unsaturated/α-hetero) is 1. The molecule has 46 valence electrons. The van der Waals surface area contributed by atoms with Crippen molar-refractivity contribution in [3.05, 3.63) is 0 Å². The third-order valence-electron chi connectivity index (χ3n) is 1.62. The van der Waals surface area contributed by atoms with Crippen LogP contribution >= 0.6 is 22.6 Å². The number of hydrogen-bond donors (Lipinski definition) is 0. The number of carbonyl (C=O) groups is 1. The van der Waals surface area contributed by atoms with Crippen molar-refractivity contribution in [1.29, 1.82) is 0 Å². The van der Waals surface area contributed by atoms with Gasteiger partial charge in [0.15, 0.2) is 0 Å². The summed E-state index contributed by atoms with van der Waals surface area (Å²) in [4.78, 5) is 10.8. The molecule has 0 heterocycles. The molecule has 1 nitrogen and oxygen atoms in total. The van der Waals surface area contributed by atoms with Crippen LogP contribution < -0.4 is 0 Å². The summed E-state index contributed by atoms with van der Waals surface area (Å²) in [7, 11) is 0. The Morgan fingerprint density at radius 3 is 2.75 bits per heavy atom. The molecule has 2 heteroatoms. The predicted molar refractivity (Wildman–Crippen MR) is 41.2 cm³/mol. The van der Waals surface area contributed by atoms with E-state index >= 15 is 0 Å². The Kier molecular flexibility index (Phi) is 2.28. The molecule has 1 unspecified atom stereocenters. The summed E-state index contributed by atoms with van der Waals surface area (Å²) in [5, 5.41) is 0. The van der Waals surface area contributed by atoms with Crippen LogP contribution in [0, 0.1) is 5.92 Å². The van der Waals surface area contributed by atoms with Crippen LogP contribution in [0.5, 0.6) is 0 Å². The zero-order valence-electron chi connectivity index (χ0n) is 4.69. The largest absolute Gasteiger partial charge is 0.299 e. The van der Waals surface area contributed by atoms with Gasteiger partial charge in [-0.2, -0.15) is 0 Å². The van der Waals surface area contributed by atoms with Crippen molar-refractivity contribution in [1.82, 2.24) is 0 Å². The second-order valence-corrected chi connectivity index (χ2v) is 3.09. The van der Waals surface area contributed by atoms with Gasteiger partial charge in [-0.1, -0.05) is 22.6 Å². The van der Waals surface area contributed by atoms with E-state index in [1.54, 1.807) is 0 Å². The van der Waals surface area contributed by atoms with Crippen molar-refractivity contribution in [3.8, 4) is 0 Å². The first-order valence-electron chi connectivity index (χ1n) is 2.93. The van der Waals surface area contributed by atoms with E-state index in [1.165, 1.54) is 0 Å². The van der Waals surface area contributed by atoms with Crippen LogP contribution in [0.3, 0.4) is 0 Å². The van der Waals surface area contributed by atoms with Gasteiger partial charge >= 0.3 is 0 Å². The highest BCUT2D eigenvalue weighted by molar-refractivity contribution is 14.1. The Hall–Kier alpha value is 0.400. The molecule has 1 saturated carbocycles. The van der Waals surface area contributed by atoms with Crippen molar-refractivity contribution in [2.24, 2.45) is 5.92 Å². The fourth-order valence-electron chi connectivity index (χ4n) is 1.05. The number of alkyl halides is 1. The standard InChI is InChI=1S/C6H9IO/c7-4-5-2-1-3-6(5)8/h5H,1-4H2. The van der Waals surface area contributed by atoms with Crippen LogP contribution in [0.4, 0.5) is 0 Å². The van der Waals surface area contributed by atoms with Gasteiger partial charge in [-0.3, -0.25) is 4.79 Å². The van der Waals surface area contributed by atoms with Crippen LogP contribution in [0.1, 0.15) is 19.3 Å². The first-order chi connectivity index (χ1) is 3.84. The van der Waals surface area contributed by atoms with Gasteiger partial charge in [-0.05, 0) is 12.8 Å². The van der Waals surface area contributed by atoms with E-state index in [-0.39, 0.29) is 0 Å². The lowest BCUT2D eigenvalue weighted by atomic mass is 10.1. The van der Waals surface area contributed by atoms with Gasteiger partial charge in [0.05, 0.1) is 0 Å². The van der Waals surface area contributed by atoms with E-state index in [9.17, 15) is 4.79 Å². The molecule has 0 aromatic heterocycles. The van der Waals surface area contributed by atoms with Crippen LogP contribution in [0.2, 0.25) is 0 Å². The topological polar surface area (TPSA) is 17.1 Å². The summed E-state index contributed by atoms with van der Waals surface area (Å²) in [6.45, 7) is 0. The Morgan fingerprint density at radius 2 is 2.50 bits per heavy atom. The summed E-state index contributed by atoms with van der Waals surface area (Å²) < 4.78 is 1.02. The van der Waals surface area contributed by atoms with Gasteiger partial charge < -0.3 is 0 Å². The molecule has 1 fully saturated rings. The Morgan fingerprint density at radius 1 is 1.75 bits per heavy atom. The zero-order chi connectivity index (χ0) is 5.98. The van der Waals surface area contributed by atoms with Gasteiger partial charge in [-0.15, -0.1) is 0 Å². The predicted octanol–water partition coefficient (Wildman–Crippen LogP) is 1.79. The van der Waals surface area contributed by atoms with E-state index in [0.717, 1.165) is 23.7 Å². The van der Waals surface area contributed by atoms with E-state index in [4.69, 9.17) is 0 Å². The van der Waals surface area contributed by atoms with E-state index in [2.05, 4.69) is 22.6 Å². The molecule has 1 rings (SSSR count). The third-order valence-corrected chi connectivity index (χ3v) is 2.68. The van der Waals surface area contributed by atoms with Crippen LogP contribution in [-0.2, 0) is 4.79 Å². The molecule has 0 bridgehead atoms. The summed E-state index contributed by atoms with van der Waals surface area (Å²) in [5.74, 6) is 0.898. The number of ketones is 1. The summed E-state index contributed by atoms with van der Waals surface area (Å²) >= 11 is 2.28. The summed E-state index contributed by atoms with van der Waals surface area (Å²) in [6, 6.07) is 0. The highest BCUT2D eigenvalue weighted by Gasteiger charge is 2.22. The average Bonchev–Trinajstić information content (AvgIpc) is 2.14. The monoisotopic (exact) mass is 224 g/mol. The van der Waals surface area contributed by atoms with Crippen molar-refractivity contribution in [3.63, 3.8) is 0 Å². The number of halogens is 1. The molecular formula is C6H9IO. The van der Waals surface area contributed by atoms with E-state index < -0.39 is 0 Å². The number of rotatable bonds is 1. The number of hydrogen-bond acceptors (Lipinski definition) is 1. The maximum Gasteiger partial charge on any atom is 0.136 e. The second kappa shape index (κ2) is 2.80. The third kappa shape index (κ3) is 1.21. The molecule has 0 radical (unpaired) electrons. The smallest absolute Gasteiger partial charge is 0.136 e. The van der Waals surface area contributed by atoms with Gasteiger partial charge in [0.1, 0.15) is 5.78 Å². The van der Waals surface area contributed by atoms with Gasteiger partial charge in [-0.25, -0.2) is 0 Å². The van der Waals surface area contributed by atoms with Gasteiger partial charge in [0.25, 0.3) is 0 Å². The lowest BCUT2D eigenvalue weighted by molar-refractivity contribution is -0.119.